The Labute approximate surface area is 68.5 Å². The van der Waals surface area contributed by atoms with E-state index in [0.717, 1.165) is 26.1 Å². The Hall–Kier alpha value is -0.120. The van der Waals surface area contributed by atoms with Crippen molar-refractivity contribution in [3.05, 3.63) is 0 Å². The van der Waals surface area contributed by atoms with Crippen LogP contribution >= 0.6 is 0 Å². The van der Waals surface area contributed by atoms with Gasteiger partial charge in [-0.05, 0) is 26.4 Å². The van der Waals surface area contributed by atoms with Gasteiger partial charge in [0.15, 0.2) is 0 Å². The van der Waals surface area contributed by atoms with Crippen molar-refractivity contribution in [2.75, 3.05) is 33.3 Å². The highest BCUT2D eigenvalue weighted by Gasteiger charge is 2.18. The van der Waals surface area contributed by atoms with Crippen LogP contribution in [-0.4, -0.2) is 44.3 Å². The van der Waals surface area contributed by atoms with Crippen molar-refractivity contribution in [3.63, 3.8) is 0 Å². The van der Waals surface area contributed by atoms with Gasteiger partial charge in [-0.25, -0.2) is 0 Å². The second kappa shape index (κ2) is 4.70. The number of ether oxygens (including phenoxy) is 1. The second-order valence-electron chi connectivity index (χ2n) is 3.19. The highest BCUT2D eigenvalue weighted by atomic mass is 16.5. The summed E-state index contributed by atoms with van der Waals surface area (Å²) in [5.41, 5.74) is 5.35. The molecule has 0 amide bonds. The first-order valence-electron chi connectivity index (χ1n) is 4.33. The van der Waals surface area contributed by atoms with Gasteiger partial charge in [-0.15, -0.1) is 0 Å². The van der Waals surface area contributed by atoms with E-state index in [1.54, 1.807) is 0 Å². The Morgan fingerprint density at radius 2 is 2.45 bits per heavy atom. The predicted octanol–water partition coefficient (Wildman–Crippen LogP) is 0.0559. The molecule has 0 bridgehead atoms. The van der Waals surface area contributed by atoms with Gasteiger partial charge in [-0.2, -0.15) is 0 Å². The lowest BCUT2D eigenvalue weighted by molar-refractivity contribution is 0.0604. The quantitative estimate of drug-likeness (QED) is 0.588. The first-order valence-corrected chi connectivity index (χ1v) is 4.33. The van der Waals surface area contributed by atoms with Crippen LogP contribution in [0.5, 0.6) is 0 Å². The number of rotatable bonds is 4. The molecule has 66 valence electrons. The highest BCUT2D eigenvalue weighted by Crippen LogP contribution is 2.09. The smallest absolute Gasteiger partial charge is 0.0714 e. The number of nitrogens with two attached hydrogens (primary N) is 1. The van der Waals surface area contributed by atoms with Gasteiger partial charge in [0.05, 0.1) is 6.10 Å². The average molecular weight is 158 g/mol. The Morgan fingerprint density at radius 3 is 3.00 bits per heavy atom. The summed E-state index contributed by atoms with van der Waals surface area (Å²) in [5, 5.41) is 0. The summed E-state index contributed by atoms with van der Waals surface area (Å²) in [6.07, 6.45) is 2.63. The van der Waals surface area contributed by atoms with Crippen LogP contribution < -0.4 is 5.73 Å². The normalized spacial score (nSPS) is 26.2. The number of likely N-dealkylation sites (tertiary alicyclic amines) is 1. The molecule has 2 N–H and O–H groups in total. The number of hydrogen-bond acceptors (Lipinski definition) is 3. The fraction of sp³-hybridized carbons (Fsp3) is 1.00. The molecular weight excluding hydrogens is 140 g/mol. The van der Waals surface area contributed by atoms with Crippen LogP contribution in [-0.2, 0) is 4.74 Å². The van der Waals surface area contributed by atoms with Crippen molar-refractivity contribution < 1.29 is 4.74 Å². The van der Waals surface area contributed by atoms with Crippen molar-refractivity contribution in [1.82, 2.24) is 4.90 Å². The third-order valence-corrected chi connectivity index (χ3v) is 2.05. The fourth-order valence-corrected chi connectivity index (χ4v) is 1.36. The van der Waals surface area contributed by atoms with Gasteiger partial charge in [0, 0.05) is 19.7 Å². The molecule has 1 unspecified atom stereocenters. The molecule has 3 nitrogen and oxygen atoms in total. The van der Waals surface area contributed by atoms with E-state index in [1.165, 1.54) is 13.0 Å². The van der Waals surface area contributed by atoms with Gasteiger partial charge in [0.25, 0.3) is 0 Å². The van der Waals surface area contributed by atoms with Gasteiger partial charge >= 0.3 is 0 Å². The van der Waals surface area contributed by atoms with Gasteiger partial charge in [0.1, 0.15) is 0 Å². The maximum absolute atomic E-state index is 5.59. The van der Waals surface area contributed by atoms with Crippen LogP contribution in [0.2, 0.25) is 0 Å². The highest BCUT2D eigenvalue weighted by molar-refractivity contribution is 4.72. The minimum atomic E-state index is 0.464. The molecule has 1 atom stereocenters. The molecule has 0 saturated carbocycles. The minimum absolute atomic E-state index is 0.464. The summed E-state index contributed by atoms with van der Waals surface area (Å²) >= 11 is 0. The number of hydrogen-bond donors (Lipinski definition) is 1. The van der Waals surface area contributed by atoms with E-state index < -0.39 is 0 Å². The van der Waals surface area contributed by atoms with Crippen molar-refractivity contribution in [1.29, 1.82) is 0 Å². The van der Waals surface area contributed by atoms with Crippen LogP contribution in [0.15, 0.2) is 0 Å². The molecule has 0 aromatic rings. The maximum atomic E-state index is 5.59. The SMILES string of the molecule is CN1CCC(OCCCN)C1. The second-order valence-corrected chi connectivity index (χ2v) is 3.19. The molecule has 1 rings (SSSR count). The lowest BCUT2D eigenvalue weighted by atomic mass is 10.3. The zero-order chi connectivity index (χ0) is 8.10. The van der Waals surface area contributed by atoms with E-state index >= 15 is 0 Å². The summed E-state index contributed by atoms with van der Waals surface area (Å²) in [7, 11) is 2.13. The standard InChI is InChI=1S/C8H18N2O/c1-10-5-3-8(7-10)11-6-2-4-9/h8H,2-7,9H2,1H3. The predicted molar refractivity (Wildman–Crippen MR) is 45.5 cm³/mol. The summed E-state index contributed by atoms with van der Waals surface area (Å²) < 4.78 is 5.59. The van der Waals surface area contributed by atoms with Gasteiger partial charge < -0.3 is 15.4 Å². The average Bonchev–Trinajstić information content (AvgIpc) is 2.37. The summed E-state index contributed by atoms with van der Waals surface area (Å²) in [5.74, 6) is 0. The molecule has 3 heteroatoms. The van der Waals surface area contributed by atoms with E-state index in [4.69, 9.17) is 10.5 Å². The Bertz CT molecular complexity index is 108. The Morgan fingerprint density at radius 1 is 1.64 bits per heavy atom. The largest absolute Gasteiger partial charge is 0.377 e. The first kappa shape index (κ1) is 8.97. The van der Waals surface area contributed by atoms with E-state index in [-0.39, 0.29) is 0 Å². The summed E-state index contributed by atoms with van der Waals surface area (Å²) in [6.45, 7) is 3.83. The van der Waals surface area contributed by atoms with Gasteiger partial charge in [-0.1, -0.05) is 0 Å². The molecular formula is C8H18N2O. The van der Waals surface area contributed by atoms with Crippen LogP contribution in [0.25, 0.3) is 0 Å². The van der Waals surface area contributed by atoms with Crippen LogP contribution in [0.3, 0.4) is 0 Å². The third kappa shape index (κ3) is 3.18. The lowest BCUT2D eigenvalue weighted by Gasteiger charge is -2.10. The molecule has 1 heterocycles. The molecule has 1 saturated heterocycles. The maximum Gasteiger partial charge on any atom is 0.0714 e. The molecule has 1 aliphatic heterocycles. The van der Waals surface area contributed by atoms with Gasteiger partial charge in [-0.3, -0.25) is 0 Å². The van der Waals surface area contributed by atoms with Crippen molar-refractivity contribution in [2.45, 2.75) is 18.9 Å². The molecule has 0 spiro atoms. The molecule has 0 radical (unpaired) electrons. The summed E-state index contributed by atoms with van der Waals surface area (Å²) in [4.78, 5) is 2.30. The summed E-state index contributed by atoms with van der Waals surface area (Å²) in [6, 6.07) is 0. The fourth-order valence-electron chi connectivity index (χ4n) is 1.36. The first-order chi connectivity index (χ1) is 5.33. The van der Waals surface area contributed by atoms with E-state index in [9.17, 15) is 0 Å². The molecule has 0 aliphatic carbocycles. The topological polar surface area (TPSA) is 38.5 Å². The zero-order valence-electron chi connectivity index (χ0n) is 7.25. The Kier molecular flexibility index (Phi) is 3.83. The van der Waals surface area contributed by atoms with E-state index in [2.05, 4.69) is 11.9 Å². The van der Waals surface area contributed by atoms with Gasteiger partial charge in [0.2, 0.25) is 0 Å². The molecule has 11 heavy (non-hydrogen) atoms. The van der Waals surface area contributed by atoms with Crippen LogP contribution in [0.4, 0.5) is 0 Å². The minimum Gasteiger partial charge on any atom is -0.377 e. The lowest BCUT2D eigenvalue weighted by Crippen LogP contribution is -2.20. The molecule has 1 aliphatic rings. The van der Waals surface area contributed by atoms with E-state index in [0.29, 0.717) is 6.10 Å². The molecule has 0 aromatic carbocycles. The Balaban J connectivity index is 1.99. The zero-order valence-corrected chi connectivity index (χ0v) is 7.25. The third-order valence-electron chi connectivity index (χ3n) is 2.05. The van der Waals surface area contributed by atoms with Crippen LogP contribution in [0.1, 0.15) is 12.8 Å². The number of nitrogens with zero attached hydrogens (tertiary/aromatic N) is 1. The van der Waals surface area contributed by atoms with Crippen molar-refractivity contribution in [3.8, 4) is 0 Å². The van der Waals surface area contributed by atoms with Crippen molar-refractivity contribution >= 4 is 0 Å². The van der Waals surface area contributed by atoms with Crippen molar-refractivity contribution in [2.24, 2.45) is 5.73 Å². The molecule has 1 fully saturated rings. The molecule has 0 aromatic heterocycles. The van der Waals surface area contributed by atoms with E-state index in [1.807, 2.05) is 0 Å². The monoisotopic (exact) mass is 158 g/mol. The number of likely N-dealkylation sites (N-methyl/N-ethyl adjacent to an activating group) is 1. The van der Waals surface area contributed by atoms with Crippen LogP contribution in [0, 0.1) is 0 Å².